The van der Waals surface area contributed by atoms with E-state index in [9.17, 15) is 4.79 Å². The Bertz CT molecular complexity index is 467. The quantitative estimate of drug-likeness (QED) is 0.777. The fraction of sp³-hybridized carbons (Fsp3) is 0.714. The SMILES string of the molecule is CC(C)C(CNC(=O)c1csc(CN)n1)N1CCOCC1.Cl.Cl. The lowest BCUT2D eigenvalue weighted by molar-refractivity contribution is 0.00671. The topological polar surface area (TPSA) is 80.5 Å². The maximum absolute atomic E-state index is 12.1. The van der Waals surface area contributed by atoms with Crippen LogP contribution in [-0.4, -0.2) is 54.7 Å². The van der Waals surface area contributed by atoms with Gasteiger partial charge in [0.05, 0.1) is 13.2 Å². The van der Waals surface area contributed by atoms with Crippen LogP contribution < -0.4 is 11.1 Å². The molecular formula is C14H26Cl2N4O2S. The molecule has 1 saturated heterocycles. The molecule has 23 heavy (non-hydrogen) atoms. The molecule has 6 nitrogen and oxygen atoms in total. The normalized spacial score (nSPS) is 16.3. The highest BCUT2D eigenvalue weighted by molar-refractivity contribution is 7.09. The number of amides is 1. The molecule has 0 spiro atoms. The molecule has 3 N–H and O–H groups in total. The van der Waals surface area contributed by atoms with Crippen LogP contribution in [-0.2, 0) is 11.3 Å². The van der Waals surface area contributed by atoms with E-state index in [1.54, 1.807) is 5.38 Å². The Morgan fingerprint density at radius 2 is 2.09 bits per heavy atom. The highest BCUT2D eigenvalue weighted by Gasteiger charge is 2.24. The van der Waals surface area contributed by atoms with E-state index in [-0.39, 0.29) is 30.7 Å². The molecule has 0 aromatic carbocycles. The number of rotatable bonds is 6. The fourth-order valence-corrected chi connectivity index (χ4v) is 3.15. The molecule has 0 radical (unpaired) electrons. The Hall–Kier alpha value is -0.440. The summed E-state index contributed by atoms with van der Waals surface area (Å²) in [5.41, 5.74) is 5.98. The van der Waals surface area contributed by atoms with Crippen LogP contribution in [0.1, 0.15) is 29.3 Å². The maximum atomic E-state index is 12.1. The second-order valence-corrected chi connectivity index (χ2v) is 6.44. The van der Waals surface area contributed by atoms with Crippen LogP contribution in [0.25, 0.3) is 0 Å². The third-order valence-electron chi connectivity index (χ3n) is 3.72. The number of nitrogens with one attached hydrogen (secondary N) is 1. The standard InChI is InChI=1S/C14H24N4O2S.2ClH/c1-10(2)12(18-3-5-20-6-4-18)8-16-14(19)11-9-21-13(7-15)17-11;;/h9-10,12H,3-8,15H2,1-2H3,(H,16,19);2*1H. The van der Waals surface area contributed by atoms with Crippen LogP contribution in [0.3, 0.4) is 0 Å². The smallest absolute Gasteiger partial charge is 0.270 e. The first-order valence-corrected chi connectivity index (χ1v) is 8.24. The summed E-state index contributed by atoms with van der Waals surface area (Å²) in [5.74, 6) is 0.350. The molecule has 1 fully saturated rings. The molecule has 1 amide bonds. The minimum absolute atomic E-state index is 0. The molecule has 0 bridgehead atoms. The average Bonchev–Trinajstić information content (AvgIpc) is 2.97. The molecule has 134 valence electrons. The van der Waals surface area contributed by atoms with Crippen LogP contribution in [0.15, 0.2) is 5.38 Å². The zero-order chi connectivity index (χ0) is 15.2. The Balaban J connectivity index is 0.00000242. The Labute approximate surface area is 154 Å². The summed E-state index contributed by atoms with van der Waals surface area (Å²) in [6, 6.07) is 0.325. The van der Waals surface area contributed by atoms with Gasteiger partial charge in [-0.3, -0.25) is 9.69 Å². The van der Waals surface area contributed by atoms with Crippen molar-refractivity contribution in [3.8, 4) is 0 Å². The number of carbonyl (C=O) groups excluding carboxylic acids is 1. The summed E-state index contributed by atoms with van der Waals surface area (Å²) >= 11 is 1.42. The third kappa shape index (κ3) is 6.52. The minimum atomic E-state index is -0.121. The number of thiazole rings is 1. The van der Waals surface area contributed by atoms with Gasteiger partial charge in [0.2, 0.25) is 0 Å². The predicted octanol–water partition coefficient (Wildman–Crippen LogP) is 1.53. The summed E-state index contributed by atoms with van der Waals surface area (Å²) in [4.78, 5) is 18.7. The second kappa shape index (κ2) is 11.2. The summed E-state index contributed by atoms with van der Waals surface area (Å²) < 4.78 is 5.39. The van der Waals surface area contributed by atoms with Gasteiger partial charge in [-0.05, 0) is 5.92 Å². The van der Waals surface area contributed by atoms with Gasteiger partial charge in [-0.25, -0.2) is 4.98 Å². The van der Waals surface area contributed by atoms with Crippen molar-refractivity contribution < 1.29 is 9.53 Å². The molecule has 1 unspecified atom stereocenters. The number of hydrogen-bond donors (Lipinski definition) is 2. The first-order valence-electron chi connectivity index (χ1n) is 7.36. The molecule has 0 saturated carbocycles. The lowest BCUT2D eigenvalue weighted by atomic mass is 10.0. The minimum Gasteiger partial charge on any atom is -0.379 e. The van der Waals surface area contributed by atoms with Crippen molar-refractivity contribution in [2.75, 3.05) is 32.8 Å². The molecule has 2 heterocycles. The van der Waals surface area contributed by atoms with Crippen LogP contribution in [0.5, 0.6) is 0 Å². The van der Waals surface area contributed by atoms with Gasteiger partial charge in [0.25, 0.3) is 5.91 Å². The molecule has 1 aliphatic rings. The highest BCUT2D eigenvalue weighted by atomic mass is 35.5. The van der Waals surface area contributed by atoms with Crippen LogP contribution in [0.2, 0.25) is 0 Å². The van der Waals surface area contributed by atoms with Gasteiger partial charge in [0.1, 0.15) is 10.7 Å². The van der Waals surface area contributed by atoms with E-state index in [0.29, 0.717) is 30.7 Å². The Morgan fingerprint density at radius 1 is 1.43 bits per heavy atom. The van der Waals surface area contributed by atoms with E-state index in [1.165, 1.54) is 11.3 Å². The van der Waals surface area contributed by atoms with E-state index in [4.69, 9.17) is 10.5 Å². The van der Waals surface area contributed by atoms with E-state index in [0.717, 1.165) is 31.3 Å². The van der Waals surface area contributed by atoms with Crippen molar-refractivity contribution in [3.05, 3.63) is 16.1 Å². The first-order chi connectivity index (χ1) is 10.1. The molecule has 1 aromatic heterocycles. The molecule has 2 rings (SSSR count). The predicted molar refractivity (Wildman–Crippen MR) is 97.9 cm³/mol. The van der Waals surface area contributed by atoms with Crippen molar-refractivity contribution in [3.63, 3.8) is 0 Å². The van der Waals surface area contributed by atoms with Gasteiger partial charge in [-0.1, -0.05) is 13.8 Å². The molecule has 0 aliphatic carbocycles. The summed E-state index contributed by atoms with van der Waals surface area (Å²) in [7, 11) is 0. The number of nitrogens with two attached hydrogens (primary N) is 1. The number of morpholine rings is 1. The number of hydrogen-bond acceptors (Lipinski definition) is 6. The van der Waals surface area contributed by atoms with Crippen molar-refractivity contribution in [1.82, 2.24) is 15.2 Å². The van der Waals surface area contributed by atoms with Crippen molar-refractivity contribution >= 4 is 42.1 Å². The fourth-order valence-electron chi connectivity index (χ4n) is 2.49. The molecule has 1 aliphatic heterocycles. The van der Waals surface area contributed by atoms with Gasteiger partial charge < -0.3 is 15.8 Å². The largest absolute Gasteiger partial charge is 0.379 e. The van der Waals surface area contributed by atoms with Crippen molar-refractivity contribution in [1.29, 1.82) is 0 Å². The van der Waals surface area contributed by atoms with Gasteiger partial charge in [0.15, 0.2) is 0 Å². The van der Waals surface area contributed by atoms with Crippen LogP contribution in [0, 0.1) is 5.92 Å². The van der Waals surface area contributed by atoms with Gasteiger partial charge >= 0.3 is 0 Å². The van der Waals surface area contributed by atoms with Gasteiger partial charge in [-0.15, -0.1) is 36.2 Å². The van der Waals surface area contributed by atoms with E-state index < -0.39 is 0 Å². The summed E-state index contributed by atoms with van der Waals surface area (Å²) in [5, 5.41) is 5.54. The van der Waals surface area contributed by atoms with E-state index in [2.05, 4.69) is 29.0 Å². The lowest BCUT2D eigenvalue weighted by Gasteiger charge is -2.36. The molecular weight excluding hydrogens is 359 g/mol. The second-order valence-electron chi connectivity index (χ2n) is 5.50. The van der Waals surface area contributed by atoms with Crippen LogP contribution >= 0.6 is 36.2 Å². The van der Waals surface area contributed by atoms with Crippen molar-refractivity contribution in [2.24, 2.45) is 11.7 Å². The van der Waals surface area contributed by atoms with E-state index >= 15 is 0 Å². The monoisotopic (exact) mass is 384 g/mol. The summed E-state index contributed by atoms with van der Waals surface area (Å²) in [6.45, 7) is 8.75. The number of halogens is 2. The number of aromatic nitrogens is 1. The zero-order valence-electron chi connectivity index (χ0n) is 13.5. The molecule has 1 aromatic rings. The first kappa shape index (κ1) is 22.6. The highest BCUT2D eigenvalue weighted by Crippen LogP contribution is 2.13. The number of carbonyl (C=O) groups is 1. The summed E-state index contributed by atoms with van der Waals surface area (Å²) in [6.07, 6.45) is 0. The molecule has 9 heteroatoms. The van der Waals surface area contributed by atoms with Crippen molar-refractivity contribution in [2.45, 2.75) is 26.4 Å². The number of nitrogens with zero attached hydrogens (tertiary/aromatic N) is 2. The van der Waals surface area contributed by atoms with E-state index in [1.807, 2.05) is 0 Å². The number of ether oxygens (including phenoxy) is 1. The average molecular weight is 385 g/mol. The molecule has 1 atom stereocenters. The Kier molecular flexibility index (Phi) is 11.0. The Morgan fingerprint density at radius 3 is 2.61 bits per heavy atom. The van der Waals surface area contributed by atoms with Crippen LogP contribution in [0.4, 0.5) is 0 Å². The van der Waals surface area contributed by atoms with Gasteiger partial charge in [0, 0.05) is 37.6 Å². The maximum Gasteiger partial charge on any atom is 0.270 e. The third-order valence-corrected chi connectivity index (χ3v) is 4.59. The van der Waals surface area contributed by atoms with Gasteiger partial charge in [-0.2, -0.15) is 0 Å². The lowest BCUT2D eigenvalue weighted by Crippen LogP contribution is -2.51. The zero-order valence-corrected chi connectivity index (χ0v) is 15.9.